The molecular weight excluding hydrogens is 891 g/mol. The first-order valence-electron chi connectivity index (χ1n) is 25.3. The molecule has 13 rings (SSSR count). The molecule has 0 saturated carbocycles. The molecule has 0 fully saturated rings. The van der Waals surface area contributed by atoms with Crippen molar-refractivity contribution in [3.05, 3.63) is 249 Å². The SMILES string of the molecule is C/C=C\C.CC.CC.c1ccc(N(c2ccc(-c3ccc4c(c3)c3cc(-c5ccc6c(c5)c5ccccc5n6-c5ccccc5)ccc3n4-c3ccccc3)cc2)c2ccc3sc4ccccc4c3c2)cc1. The number of hydrogen-bond acceptors (Lipinski definition) is 2. The summed E-state index contributed by atoms with van der Waals surface area (Å²) in [5, 5.41) is 7.56. The van der Waals surface area contributed by atoms with E-state index in [2.05, 4.69) is 251 Å². The molecular formula is C68H59N3S. The van der Waals surface area contributed by atoms with Crippen LogP contribution in [0.2, 0.25) is 0 Å². The Morgan fingerprint density at radius 2 is 0.694 bits per heavy atom. The highest BCUT2D eigenvalue weighted by Gasteiger charge is 2.19. The second-order valence-corrected chi connectivity index (χ2v) is 18.3. The Bertz CT molecular complexity index is 3970. The minimum atomic E-state index is 1.11. The average molecular weight is 950 g/mol. The molecule has 72 heavy (non-hydrogen) atoms. The first-order valence-corrected chi connectivity index (χ1v) is 26.1. The summed E-state index contributed by atoms with van der Waals surface area (Å²) >= 11 is 1.85. The average Bonchev–Trinajstić information content (AvgIpc) is 4.12. The van der Waals surface area contributed by atoms with Crippen LogP contribution in [-0.4, -0.2) is 9.13 Å². The number of allylic oxidation sites excluding steroid dienone is 2. The van der Waals surface area contributed by atoms with Crippen LogP contribution in [0, 0.1) is 0 Å². The van der Waals surface area contributed by atoms with Gasteiger partial charge >= 0.3 is 0 Å². The topological polar surface area (TPSA) is 13.1 Å². The van der Waals surface area contributed by atoms with Gasteiger partial charge in [-0.2, -0.15) is 0 Å². The van der Waals surface area contributed by atoms with Crippen molar-refractivity contribution < 1.29 is 0 Å². The second-order valence-electron chi connectivity index (χ2n) is 17.2. The van der Waals surface area contributed by atoms with Gasteiger partial charge in [-0.3, -0.25) is 0 Å². The third-order valence-corrected chi connectivity index (χ3v) is 14.4. The lowest BCUT2D eigenvalue weighted by molar-refractivity contribution is 1.18. The molecule has 13 aromatic rings. The van der Waals surface area contributed by atoms with Crippen LogP contribution in [0.1, 0.15) is 41.5 Å². The molecule has 352 valence electrons. The van der Waals surface area contributed by atoms with E-state index in [4.69, 9.17) is 0 Å². The van der Waals surface area contributed by atoms with Gasteiger partial charge in [0.2, 0.25) is 0 Å². The van der Waals surface area contributed by atoms with E-state index in [1.807, 2.05) is 65.0 Å². The Morgan fingerprint density at radius 1 is 0.306 bits per heavy atom. The summed E-state index contributed by atoms with van der Waals surface area (Å²) in [6, 6.07) is 86.4. The summed E-state index contributed by atoms with van der Waals surface area (Å²) in [6.45, 7) is 12.0. The fourth-order valence-corrected chi connectivity index (χ4v) is 11.0. The third-order valence-electron chi connectivity index (χ3n) is 13.2. The molecule has 0 atom stereocenters. The van der Waals surface area contributed by atoms with Crippen molar-refractivity contribution in [3.63, 3.8) is 0 Å². The molecule has 0 aliphatic carbocycles. The van der Waals surface area contributed by atoms with Crippen LogP contribution in [-0.2, 0) is 0 Å². The maximum Gasteiger partial charge on any atom is 0.0541 e. The molecule has 0 aliphatic heterocycles. The zero-order valence-electron chi connectivity index (χ0n) is 41.9. The van der Waals surface area contributed by atoms with Gasteiger partial charge in [-0.05, 0) is 151 Å². The number of benzene rings is 10. The van der Waals surface area contributed by atoms with E-state index < -0.39 is 0 Å². The van der Waals surface area contributed by atoms with Gasteiger partial charge in [0.05, 0.1) is 22.1 Å². The highest BCUT2D eigenvalue weighted by atomic mass is 32.1. The minimum Gasteiger partial charge on any atom is -0.310 e. The van der Waals surface area contributed by atoms with Gasteiger partial charge in [-0.25, -0.2) is 0 Å². The number of rotatable bonds is 7. The Kier molecular flexibility index (Phi) is 14.0. The van der Waals surface area contributed by atoms with Gasteiger partial charge < -0.3 is 14.0 Å². The monoisotopic (exact) mass is 949 g/mol. The van der Waals surface area contributed by atoms with Crippen molar-refractivity contribution in [3.8, 4) is 33.6 Å². The Balaban J connectivity index is 0.000000705. The van der Waals surface area contributed by atoms with Crippen molar-refractivity contribution in [2.45, 2.75) is 41.5 Å². The molecule has 0 saturated heterocycles. The highest BCUT2D eigenvalue weighted by molar-refractivity contribution is 7.25. The lowest BCUT2D eigenvalue weighted by Gasteiger charge is -2.26. The van der Waals surface area contributed by atoms with Crippen molar-refractivity contribution in [2.24, 2.45) is 0 Å². The zero-order valence-corrected chi connectivity index (χ0v) is 42.7. The molecule has 3 aromatic heterocycles. The smallest absolute Gasteiger partial charge is 0.0541 e. The Labute approximate surface area is 427 Å². The highest BCUT2D eigenvalue weighted by Crippen LogP contribution is 2.43. The summed E-state index contributed by atoms with van der Waals surface area (Å²) in [6.07, 6.45) is 4.00. The van der Waals surface area contributed by atoms with Gasteiger partial charge in [0, 0.05) is 70.2 Å². The van der Waals surface area contributed by atoms with Gasteiger partial charge in [-0.15, -0.1) is 11.3 Å². The molecule has 0 N–H and O–H groups in total. The van der Waals surface area contributed by atoms with Gasteiger partial charge in [0.15, 0.2) is 0 Å². The first kappa shape index (κ1) is 47.2. The zero-order chi connectivity index (χ0) is 49.6. The van der Waals surface area contributed by atoms with E-state index in [0.29, 0.717) is 0 Å². The first-order chi connectivity index (χ1) is 35.6. The maximum absolute atomic E-state index is 2.41. The molecule has 3 nitrogen and oxygen atoms in total. The predicted molar refractivity (Wildman–Crippen MR) is 317 cm³/mol. The minimum absolute atomic E-state index is 1.11. The van der Waals surface area contributed by atoms with Crippen LogP contribution in [0.3, 0.4) is 0 Å². The number of anilines is 3. The van der Waals surface area contributed by atoms with E-state index in [1.54, 1.807) is 0 Å². The number of para-hydroxylation sites is 4. The van der Waals surface area contributed by atoms with E-state index in [-0.39, 0.29) is 0 Å². The lowest BCUT2D eigenvalue weighted by atomic mass is 9.99. The van der Waals surface area contributed by atoms with E-state index in [0.717, 1.165) is 22.7 Å². The molecule has 3 heterocycles. The number of thiophene rings is 1. The van der Waals surface area contributed by atoms with Gasteiger partial charge in [-0.1, -0.05) is 161 Å². The van der Waals surface area contributed by atoms with Crippen molar-refractivity contribution in [2.75, 3.05) is 4.90 Å². The number of aromatic nitrogens is 2. The Hall–Kier alpha value is -8.44. The van der Waals surface area contributed by atoms with Crippen LogP contribution in [0.25, 0.3) is 97.4 Å². The fourth-order valence-electron chi connectivity index (χ4n) is 9.93. The van der Waals surface area contributed by atoms with Crippen LogP contribution in [0.4, 0.5) is 17.1 Å². The maximum atomic E-state index is 2.41. The summed E-state index contributed by atoms with van der Waals surface area (Å²) in [7, 11) is 0. The van der Waals surface area contributed by atoms with Gasteiger partial charge in [0.25, 0.3) is 0 Å². The van der Waals surface area contributed by atoms with E-state index >= 15 is 0 Å². The Morgan fingerprint density at radius 3 is 1.24 bits per heavy atom. The summed E-state index contributed by atoms with van der Waals surface area (Å²) in [5.41, 5.74) is 15.2. The number of nitrogens with zero attached hydrogens (tertiary/aromatic N) is 3. The van der Waals surface area contributed by atoms with Crippen LogP contribution in [0.5, 0.6) is 0 Å². The lowest BCUT2D eigenvalue weighted by Crippen LogP contribution is -2.09. The third kappa shape index (κ3) is 8.76. The number of hydrogen-bond donors (Lipinski definition) is 0. The summed E-state index contributed by atoms with van der Waals surface area (Å²) in [4.78, 5) is 2.37. The van der Waals surface area contributed by atoms with Crippen LogP contribution < -0.4 is 4.90 Å². The van der Waals surface area contributed by atoms with Crippen molar-refractivity contribution in [1.82, 2.24) is 9.13 Å². The van der Waals surface area contributed by atoms with Gasteiger partial charge in [0.1, 0.15) is 0 Å². The van der Waals surface area contributed by atoms with E-state index in [9.17, 15) is 0 Å². The second kappa shape index (κ2) is 21.3. The van der Waals surface area contributed by atoms with Crippen molar-refractivity contribution >= 4 is 92.2 Å². The quantitative estimate of drug-likeness (QED) is 0.145. The molecule has 10 aromatic carbocycles. The largest absolute Gasteiger partial charge is 0.310 e. The fraction of sp³-hybridized carbons (Fsp3) is 0.0882. The number of fused-ring (bicyclic) bond motifs is 9. The van der Waals surface area contributed by atoms with Crippen LogP contribution in [0.15, 0.2) is 249 Å². The molecule has 0 spiro atoms. The molecule has 4 heteroatoms. The molecule has 0 bridgehead atoms. The van der Waals surface area contributed by atoms with Crippen LogP contribution >= 0.6 is 11.3 Å². The molecule has 0 radical (unpaired) electrons. The predicted octanol–water partition coefficient (Wildman–Crippen LogP) is 20.7. The standard InChI is InChI=1S/C60H39N3S.C4H8.2C2H6/c1-4-14-44(15-5-1)61(48-31-35-60-54(39-48)50-21-11-13-23-59(50)64-60)47-29-24-40(25-30-47)41-26-32-57-52(36-41)53-38-43(28-34-58(53)63(57)46-18-8-3-9-19-46)42-27-33-56-51(37-42)49-20-10-12-22-55(49)62(56)45-16-6-2-7-17-45;1-3-4-2;2*1-2/h1-39H;3-4H,1-2H3;2*1-2H3/b;4-3-;;. The molecule has 0 amide bonds. The van der Waals surface area contributed by atoms with E-state index in [1.165, 1.54) is 91.7 Å². The van der Waals surface area contributed by atoms with Crippen molar-refractivity contribution in [1.29, 1.82) is 0 Å². The summed E-state index contributed by atoms with van der Waals surface area (Å²) < 4.78 is 7.40. The summed E-state index contributed by atoms with van der Waals surface area (Å²) in [5.74, 6) is 0. The molecule has 0 unspecified atom stereocenters. The molecule has 0 aliphatic rings. The normalized spacial score (nSPS) is 11.1.